The van der Waals surface area contributed by atoms with E-state index < -0.39 is 0 Å². The summed E-state index contributed by atoms with van der Waals surface area (Å²) < 4.78 is 1.05. The molecular formula is C32H37BrN4. The molecule has 4 nitrogen and oxygen atoms in total. The summed E-state index contributed by atoms with van der Waals surface area (Å²) in [6.45, 7) is 13.4. The van der Waals surface area contributed by atoms with E-state index in [0.717, 1.165) is 82.3 Å². The standard InChI is InChI=1S/C32H37BrN4/c1-7-19-20(8-2)27-15-28-21(9-3)22(10-4)29(36-28)16-30-23(11-5)24(12-6)31(37-30)17-32-25(33)13-18(34-32)14-26(19)35-27/h13-17,34,37H,7-12H2,1-6H3. The highest BCUT2D eigenvalue weighted by Crippen LogP contribution is 2.39. The number of aromatic amines is 2. The van der Waals surface area contributed by atoms with Crippen molar-refractivity contribution in [2.24, 2.45) is 0 Å². The Bertz CT molecular complexity index is 1600. The molecule has 0 unspecified atom stereocenters. The number of halogens is 1. The summed E-state index contributed by atoms with van der Waals surface area (Å²) in [5, 5.41) is 0. The first-order valence-corrected chi connectivity index (χ1v) is 14.6. The molecule has 0 saturated carbocycles. The summed E-state index contributed by atoms with van der Waals surface area (Å²) in [4.78, 5) is 17.8. The molecule has 0 amide bonds. The van der Waals surface area contributed by atoms with Crippen molar-refractivity contribution < 1.29 is 0 Å². The third kappa shape index (κ3) is 4.41. The molecule has 0 aromatic carbocycles. The number of aromatic nitrogens is 4. The number of nitrogens with zero attached hydrogens (tertiary/aromatic N) is 2. The summed E-state index contributed by atoms with van der Waals surface area (Å²) in [6, 6.07) is 11.1. The average molecular weight is 558 g/mol. The fourth-order valence-corrected chi connectivity index (χ4v) is 6.55. The van der Waals surface area contributed by atoms with Gasteiger partial charge in [-0.1, -0.05) is 41.5 Å². The molecular weight excluding hydrogens is 520 g/mol. The highest BCUT2D eigenvalue weighted by molar-refractivity contribution is 9.10. The topological polar surface area (TPSA) is 57.4 Å². The molecule has 0 aliphatic carbocycles. The van der Waals surface area contributed by atoms with Crippen LogP contribution in [0.2, 0.25) is 0 Å². The molecule has 2 N–H and O–H groups in total. The van der Waals surface area contributed by atoms with Crippen molar-refractivity contribution in [1.82, 2.24) is 19.9 Å². The summed E-state index contributed by atoms with van der Waals surface area (Å²) in [5.41, 5.74) is 16.8. The number of rotatable bonds is 6. The van der Waals surface area contributed by atoms with Gasteiger partial charge < -0.3 is 9.97 Å². The van der Waals surface area contributed by atoms with Gasteiger partial charge in [-0.3, -0.25) is 0 Å². The summed E-state index contributed by atoms with van der Waals surface area (Å²) in [6.07, 6.45) is 5.78. The molecule has 3 aromatic rings. The van der Waals surface area contributed by atoms with Crippen LogP contribution in [-0.2, 0) is 12.8 Å². The maximum Gasteiger partial charge on any atom is 0.0694 e. The lowest BCUT2D eigenvalue weighted by atomic mass is 9.98. The monoisotopic (exact) mass is 556 g/mol. The van der Waals surface area contributed by atoms with Crippen molar-refractivity contribution in [3.63, 3.8) is 0 Å². The van der Waals surface area contributed by atoms with Crippen LogP contribution in [0.1, 0.15) is 101 Å². The maximum absolute atomic E-state index is 5.23. The zero-order valence-corrected chi connectivity index (χ0v) is 24.5. The molecule has 192 valence electrons. The van der Waals surface area contributed by atoms with E-state index in [0.29, 0.717) is 0 Å². The van der Waals surface area contributed by atoms with Crippen LogP contribution < -0.4 is 0 Å². The van der Waals surface area contributed by atoms with E-state index in [1.54, 1.807) is 0 Å². The second-order valence-electron chi connectivity index (χ2n) is 9.77. The number of H-pyrrole nitrogens is 2. The van der Waals surface area contributed by atoms with Crippen LogP contribution in [0.5, 0.6) is 0 Å². The number of aryl methyl sites for hydroxylation is 2. The molecule has 5 heteroatoms. The third-order valence-electron chi connectivity index (χ3n) is 7.81. The Morgan fingerprint density at radius 1 is 0.514 bits per heavy atom. The normalized spacial score (nSPS) is 13.7. The van der Waals surface area contributed by atoms with Crippen molar-refractivity contribution in [3.8, 4) is 0 Å². The van der Waals surface area contributed by atoms with Gasteiger partial charge in [0, 0.05) is 21.0 Å². The minimum atomic E-state index is 0.954. The van der Waals surface area contributed by atoms with Gasteiger partial charge in [0.2, 0.25) is 0 Å². The van der Waals surface area contributed by atoms with Crippen LogP contribution in [0.15, 0.2) is 34.8 Å². The van der Waals surface area contributed by atoms with Crippen LogP contribution in [-0.4, -0.2) is 19.9 Å². The van der Waals surface area contributed by atoms with Crippen molar-refractivity contribution in [3.05, 3.63) is 68.7 Å². The SMILES string of the molecule is CCC1=C(CC)c2cc3cc(Br)c(cc4[nH]c(cc5nc(cc1n2)C(CC)=C5CC)c(CC)c4CC)[nH]3. The second kappa shape index (κ2) is 10.4. The Morgan fingerprint density at radius 3 is 1.46 bits per heavy atom. The van der Waals surface area contributed by atoms with E-state index in [9.17, 15) is 0 Å². The minimum Gasteiger partial charge on any atom is -0.355 e. The third-order valence-corrected chi connectivity index (χ3v) is 8.46. The summed E-state index contributed by atoms with van der Waals surface area (Å²) in [5.74, 6) is 0. The molecule has 2 aliphatic rings. The number of nitrogens with one attached hydrogen (secondary N) is 2. The van der Waals surface area contributed by atoms with Crippen LogP contribution in [0.3, 0.4) is 0 Å². The smallest absolute Gasteiger partial charge is 0.0694 e. The molecule has 0 spiro atoms. The molecule has 3 aromatic heterocycles. The lowest BCUT2D eigenvalue weighted by Gasteiger charge is -2.04. The van der Waals surface area contributed by atoms with Gasteiger partial charge in [-0.2, -0.15) is 0 Å². The van der Waals surface area contributed by atoms with Gasteiger partial charge in [0.15, 0.2) is 0 Å². The number of hydrogen-bond donors (Lipinski definition) is 2. The highest BCUT2D eigenvalue weighted by atomic mass is 79.9. The van der Waals surface area contributed by atoms with Gasteiger partial charge in [-0.15, -0.1) is 0 Å². The number of fused-ring (bicyclic) bond motifs is 8. The van der Waals surface area contributed by atoms with Crippen LogP contribution in [0.4, 0.5) is 0 Å². The first-order valence-electron chi connectivity index (χ1n) is 13.8. The Hall–Kier alpha value is -2.92. The summed E-state index contributed by atoms with van der Waals surface area (Å²) >= 11 is 3.80. The zero-order chi connectivity index (χ0) is 26.3. The van der Waals surface area contributed by atoms with Crippen molar-refractivity contribution in [2.75, 3.05) is 0 Å². The van der Waals surface area contributed by atoms with Crippen molar-refractivity contribution in [1.29, 1.82) is 0 Å². The molecule has 2 aliphatic heterocycles. The molecule has 0 radical (unpaired) electrons. The molecule has 5 rings (SSSR count). The predicted molar refractivity (Wildman–Crippen MR) is 162 cm³/mol. The fraction of sp³-hybridized carbons (Fsp3) is 0.375. The van der Waals surface area contributed by atoms with Gasteiger partial charge >= 0.3 is 0 Å². The van der Waals surface area contributed by atoms with E-state index in [4.69, 9.17) is 9.97 Å². The quantitative estimate of drug-likeness (QED) is 0.317. The van der Waals surface area contributed by atoms with E-state index in [2.05, 4.69) is 97.8 Å². The van der Waals surface area contributed by atoms with Gasteiger partial charge in [0.1, 0.15) is 0 Å². The molecule has 8 bridgehead atoms. The van der Waals surface area contributed by atoms with Crippen molar-refractivity contribution in [2.45, 2.75) is 80.1 Å². The molecule has 0 fully saturated rings. The molecule has 37 heavy (non-hydrogen) atoms. The number of allylic oxidation sites excluding steroid dienone is 4. The lowest BCUT2D eigenvalue weighted by molar-refractivity contribution is 1.07. The Kier molecular flexibility index (Phi) is 7.26. The fourth-order valence-electron chi connectivity index (χ4n) is 6.08. The Morgan fingerprint density at radius 2 is 0.973 bits per heavy atom. The summed E-state index contributed by atoms with van der Waals surface area (Å²) in [7, 11) is 0. The van der Waals surface area contributed by atoms with Gasteiger partial charge in [-0.25, -0.2) is 9.97 Å². The second-order valence-corrected chi connectivity index (χ2v) is 10.6. The van der Waals surface area contributed by atoms with Gasteiger partial charge in [0.25, 0.3) is 0 Å². The first-order chi connectivity index (χ1) is 18.0. The molecule has 0 saturated heterocycles. The van der Waals surface area contributed by atoms with E-state index in [1.807, 2.05) is 0 Å². The van der Waals surface area contributed by atoms with Crippen LogP contribution in [0, 0.1) is 0 Å². The van der Waals surface area contributed by atoms with E-state index >= 15 is 0 Å². The Labute approximate surface area is 228 Å². The van der Waals surface area contributed by atoms with E-state index in [1.165, 1.54) is 38.9 Å². The largest absolute Gasteiger partial charge is 0.355 e. The average Bonchev–Trinajstić information content (AvgIpc) is 3.60. The first kappa shape index (κ1) is 25.7. The molecule has 0 atom stereocenters. The molecule has 5 heterocycles. The zero-order valence-electron chi connectivity index (χ0n) is 22.9. The van der Waals surface area contributed by atoms with Gasteiger partial charge in [-0.05, 0) is 118 Å². The van der Waals surface area contributed by atoms with Crippen LogP contribution >= 0.6 is 15.9 Å². The number of hydrogen-bond acceptors (Lipinski definition) is 2. The van der Waals surface area contributed by atoms with Crippen LogP contribution in [0.25, 0.3) is 44.4 Å². The maximum atomic E-state index is 5.23. The minimum absolute atomic E-state index is 0.954. The van der Waals surface area contributed by atoms with Crippen molar-refractivity contribution >= 4 is 60.3 Å². The van der Waals surface area contributed by atoms with Gasteiger partial charge in [0.05, 0.1) is 28.3 Å². The lowest BCUT2D eigenvalue weighted by Crippen LogP contribution is -1.86. The van der Waals surface area contributed by atoms with E-state index in [-0.39, 0.29) is 0 Å². The highest BCUT2D eigenvalue weighted by Gasteiger charge is 2.22. The Balaban J connectivity index is 1.98. The predicted octanol–water partition coefficient (Wildman–Crippen LogP) is 9.66.